The summed E-state index contributed by atoms with van der Waals surface area (Å²) in [5.41, 5.74) is 16.5. The number of furan rings is 1. The lowest BCUT2D eigenvalue weighted by atomic mass is 9.82. The van der Waals surface area contributed by atoms with Crippen LogP contribution in [0, 0.1) is 0 Å². The highest BCUT2D eigenvalue weighted by Crippen LogP contribution is 2.52. The van der Waals surface area contributed by atoms with E-state index in [0.29, 0.717) is 17.5 Å². The topological polar surface area (TPSA) is 51.8 Å². The summed E-state index contributed by atoms with van der Waals surface area (Å²) in [6.07, 6.45) is 0. The van der Waals surface area contributed by atoms with E-state index in [1.54, 1.807) is 0 Å². The van der Waals surface area contributed by atoms with Crippen LogP contribution >= 0.6 is 0 Å². The molecule has 0 aliphatic heterocycles. The highest BCUT2D eigenvalue weighted by molar-refractivity contribution is 6.13. The minimum Gasteiger partial charge on any atom is -0.456 e. The maximum atomic E-state index is 6.62. The predicted molar refractivity (Wildman–Crippen MR) is 255 cm³/mol. The number of aromatic nitrogens is 3. The van der Waals surface area contributed by atoms with E-state index in [-0.39, 0.29) is 5.41 Å². The molecule has 1 aliphatic carbocycles. The first-order valence-electron chi connectivity index (χ1n) is 21.2. The molecule has 12 rings (SSSR count). The SMILES string of the molecule is CC1(C)c2ccccc2-c2c(-c3cccc(-c4nc(-c5ccc6ccccc6c5)nc(-c5ccc6c(c5)oc5cccc(-c7ccc(-c8ccccc8)cc7)c56)n4)c3)cccc21. The van der Waals surface area contributed by atoms with E-state index < -0.39 is 0 Å². The van der Waals surface area contributed by atoms with Crippen LogP contribution in [0.1, 0.15) is 25.0 Å². The second-order valence-electron chi connectivity index (χ2n) is 16.8. The van der Waals surface area contributed by atoms with Crippen molar-refractivity contribution in [2.75, 3.05) is 0 Å². The van der Waals surface area contributed by atoms with Crippen molar-refractivity contribution in [1.82, 2.24) is 15.0 Å². The third kappa shape index (κ3) is 5.87. The van der Waals surface area contributed by atoms with Crippen LogP contribution < -0.4 is 0 Å². The number of hydrogen-bond acceptors (Lipinski definition) is 4. The van der Waals surface area contributed by atoms with Gasteiger partial charge in [-0.25, -0.2) is 15.0 Å². The predicted octanol–water partition coefficient (Wildman–Crippen LogP) is 15.2. The highest BCUT2D eigenvalue weighted by atomic mass is 16.3. The van der Waals surface area contributed by atoms with Gasteiger partial charge in [0.1, 0.15) is 11.2 Å². The Morgan fingerprint density at radius 1 is 0.355 bits per heavy atom. The summed E-state index contributed by atoms with van der Waals surface area (Å²) in [5.74, 6) is 1.81. The Bertz CT molecular complexity index is 3550. The fourth-order valence-electron chi connectivity index (χ4n) is 9.59. The van der Waals surface area contributed by atoms with Gasteiger partial charge in [-0.1, -0.05) is 184 Å². The summed E-state index contributed by atoms with van der Waals surface area (Å²) in [5, 5.41) is 4.43. The van der Waals surface area contributed by atoms with Gasteiger partial charge in [-0.15, -0.1) is 0 Å². The molecule has 292 valence electrons. The van der Waals surface area contributed by atoms with E-state index in [1.165, 1.54) is 44.3 Å². The highest BCUT2D eigenvalue weighted by Gasteiger charge is 2.36. The zero-order valence-corrected chi connectivity index (χ0v) is 34.3. The van der Waals surface area contributed by atoms with Crippen LogP contribution in [0.4, 0.5) is 0 Å². The standard InChI is InChI=1S/C58H39N3O/c1-58(2)49-22-9-8-19-47(49)53-46(20-11-23-50(53)58)41-17-10-18-42(34-41)55-59-56(43-30-27-37-15-6-7-16-40(37)33-43)61-57(60-55)44-31-32-48-52(35-44)62-51-24-12-21-45(54(48)51)39-28-25-38(26-29-39)36-13-4-3-5-14-36/h3-35H,1-2H3. The first kappa shape index (κ1) is 35.9. The molecule has 62 heavy (non-hydrogen) atoms. The monoisotopic (exact) mass is 793 g/mol. The van der Waals surface area contributed by atoms with Crippen molar-refractivity contribution in [2.45, 2.75) is 19.3 Å². The van der Waals surface area contributed by atoms with Gasteiger partial charge in [0.15, 0.2) is 17.5 Å². The van der Waals surface area contributed by atoms with Gasteiger partial charge < -0.3 is 4.42 Å². The third-order valence-corrected chi connectivity index (χ3v) is 12.7. The first-order valence-corrected chi connectivity index (χ1v) is 21.2. The summed E-state index contributed by atoms with van der Waals surface area (Å²) in [6, 6.07) is 70.8. The normalized spacial score (nSPS) is 12.8. The van der Waals surface area contributed by atoms with Gasteiger partial charge in [-0.05, 0) is 96.7 Å². The number of rotatable bonds is 6. The molecular weight excluding hydrogens is 755 g/mol. The van der Waals surface area contributed by atoms with Crippen LogP contribution in [0.5, 0.6) is 0 Å². The summed E-state index contributed by atoms with van der Waals surface area (Å²) in [4.78, 5) is 15.6. The van der Waals surface area contributed by atoms with Crippen LogP contribution in [-0.4, -0.2) is 15.0 Å². The molecule has 0 unspecified atom stereocenters. The van der Waals surface area contributed by atoms with Gasteiger partial charge in [0.05, 0.1) is 0 Å². The Morgan fingerprint density at radius 2 is 0.903 bits per heavy atom. The van der Waals surface area contributed by atoms with Crippen LogP contribution in [-0.2, 0) is 5.41 Å². The Morgan fingerprint density at radius 3 is 1.73 bits per heavy atom. The zero-order chi connectivity index (χ0) is 41.4. The average Bonchev–Trinajstić information content (AvgIpc) is 3.83. The Hall–Kier alpha value is -7.95. The molecule has 0 saturated heterocycles. The molecule has 0 atom stereocenters. The minimum absolute atomic E-state index is 0.0892. The van der Waals surface area contributed by atoms with E-state index in [4.69, 9.17) is 19.4 Å². The molecule has 0 fully saturated rings. The van der Waals surface area contributed by atoms with Crippen LogP contribution in [0.2, 0.25) is 0 Å². The molecule has 0 radical (unpaired) electrons. The second-order valence-corrected chi connectivity index (χ2v) is 16.8. The molecule has 0 bridgehead atoms. The molecule has 9 aromatic carbocycles. The Kier molecular flexibility index (Phi) is 8.16. The second kappa shape index (κ2) is 14.1. The van der Waals surface area contributed by atoms with Crippen LogP contribution in [0.3, 0.4) is 0 Å². The molecule has 4 heteroatoms. The maximum absolute atomic E-state index is 6.62. The maximum Gasteiger partial charge on any atom is 0.164 e. The van der Waals surface area contributed by atoms with E-state index >= 15 is 0 Å². The van der Waals surface area contributed by atoms with Crippen molar-refractivity contribution < 1.29 is 4.42 Å². The zero-order valence-electron chi connectivity index (χ0n) is 34.3. The number of hydrogen-bond donors (Lipinski definition) is 0. The molecule has 1 aliphatic rings. The van der Waals surface area contributed by atoms with E-state index in [2.05, 4.69) is 202 Å². The van der Waals surface area contributed by atoms with Gasteiger partial charge in [0.25, 0.3) is 0 Å². The van der Waals surface area contributed by atoms with Gasteiger partial charge in [-0.3, -0.25) is 0 Å². The Labute approximate surface area is 359 Å². The summed E-state index contributed by atoms with van der Waals surface area (Å²) in [6.45, 7) is 4.65. The molecule has 4 nitrogen and oxygen atoms in total. The largest absolute Gasteiger partial charge is 0.456 e. The van der Waals surface area contributed by atoms with Gasteiger partial charge in [-0.2, -0.15) is 0 Å². The summed E-state index contributed by atoms with van der Waals surface area (Å²) >= 11 is 0. The number of fused-ring (bicyclic) bond motifs is 7. The lowest BCUT2D eigenvalue weighted by Gasteiger charge is -2.21. The minimum atomic E-state index is -0.0892. The molecule has 2 aromatic heterocycles. The third-order valence-electron chi connectivity index (χ3n) is 12.7. The smallest absolute Gasteiger partial charge is 0.164 e. The quantitative estimate of drug-likeness (QED) is 0.168. The molecule has 2 heterocycles. The lowest BCUT2D eigenvalue weighted by molar-refractivity contribution is 0.660. The van der Waals surface area contributed by atoms with Crippen molar-refractivity contribution in [3.63, 3.8) is 0 Å². The van der Waals surface area contributed by atoms with Crippen molar-refractivity contribution in [1.29, 1.82) is 0 Å². The number of benzene rings is 9. The van der Waals surface area contributed by atoms with Gasteiger partial charge in [0, 0.05) is 32.9 Å². The van der Waals surface area contributed by atoms with Crippen molar-refractivity contribution in [3.05, 3.63) is 211 Å². The van der Waals surface area contributed by atoms with Crippen LogP contribution in [0.15, 0.2) is 205 Å². The van der Waals surface area contributed by atoms with Crippen LogP contribution in [0.25, 0.3) is 111 Å². The fourth-order valence-corrected chi connectivity index (χ4v) is 9.59. The fraction of sp³-hybridized carbons (Fsp3) is 0.0517. The van der Waals surface area contributed by atoms with Crippen molar-refractivity contribution in [2.24, 2.45) is 0 Å². The lowest BCUT2D eigenvalue weighted by Crippen LogP contribution is -2.14. The molecule has 0 spiro atoms. The Balaban J connectivity index is 0.986. The molecule has 0 N–H and O–H groups in total. The molecule has 11 aromatic rings. The average molecular weight is 794 g/mol. The van der Waals surface area contributed by atoms with E-state index in [9.17, 15) is 0 Å². The van der Waals surface area contributed by atoms with Gasteiger partial charge in [0.2, 0.25) is 0 Å². The van der Waals surface area contributed by atoms with Gasteiger partial charge >= 0.3 is 0 Å². The van der Waals surface area contributed by atoms with E-state index in [0.717, 1.165) is 60.7 Å². The first-order chi connectivity index (χ1) is 30.5. The van der Waals surface area contributed by atoms with E-state index in [1.807, 2.05) is 12.1 Å². The number of nitrogens with zero attached hydrogens (tertiary/aromatic N) is 3. The molecule has 0 amide bonds. The van der Waals surface area contributed by atoms with Crippen molar-refractivity contribution in [3.8, 4) is 78.7 Å². The molecular formula is C58H39N3O. The van der Waals surface area contributed by atoms with Crippen molar-refractivity contribution >= 4 is 32.7 Å². The summed E-state index contributed by atoms with van der Waals surface area (Å²) < 4.78 is 6.62. The summed E-state index contributed by atoms with van der Waals surface area (Å²) in [7, 11) is 0. The molecule has 0 saturated carbocycles.